The highest BCUT2D eigenvalue weighted by Crippen LogP contribution is 2.36. The van der Waals surface area contributed by atoms with Crippen LogP contribution in [0.2, 0.25) is 0 Å². The summed E-state index contributed by atoms with van der Waals surface area (Å²) in [6.07, 6.45) is 3.75. The highest BCUT2D eigenvalue weighted by Gasteiger charge is 2.29. The van der Waals surface area contributed by atoms with E-state index in [1.807, 2.05) is 19.9 Å². The van der Waals surface area contributed by atoms with Gasteiger partial charge in [-0.25, -0.2) is 4.79 Å². The maximum absolute atomic E-state index is 12.9. The fourth-order valence-corrected chi connectivity index (χ4v) is 4.77. The van der Waals surface area contributed by atoms with Crippen LogP contribution in [0.3, 0.4) is 0 Å². The molecule has 0 radical (unpaired) electrons. The highest BCUT2D eigenvalue weighted by atomic mass is 16.6. The van der Waals surface area contributed by atoms with E-state index in [2.05, 4.69) is 5.32 Å². The van der Waals surface area contributed by atoms with Gasteiger partial charge < -0.3 is 40.2 Å². The third kappa shape index (κ3) is 8.84. The summed E-state index contributed by atoms with van der Waals surface area (Å²) in [6.45, 7) is 7.27. The molecule has 10 heteroatoms. The molecule has 2 bridgehead atoms. The van der Waals surface area contributed by atoms with Crippen molar-refractivity contribution in [3.63, 3.8) is 0 Å². The number of hydrogen-bond donors (Lipinski definition) is 4. The van der Waals surface area contributed by atoms with E-state index in [0.29, 0.717) is 41.0 Å². The van der Waals surface area contributed by atoms with Crippen molar-refractivity contribution in [2.45, 2.75) is 65.0 Å². The Morgan fingerprint density at radius 2 is 1.82 bits per heavy atom. The molecule has 1 heterocycles. The lowest BCUT2D eigenvalue weighted by atomic mass is 9.88. The number of hydrogen-bond acceptors (Lipinski definition) is 8. The number of allylic oxidation sites excluding steroid dienone is 2. The number of nitrogens with one attached hydrogen (secondary N) is 1. The molecule has 39 heavy (non-hydrogen) atoms. The quantitative estimate of drug-likeness (QED) is 0.416. The molecule has 0 aliphatic carbocycles. The first-order valence-corrected chi connectivity index (χ1v) is 12.9. The van der Waals surface area contributed by atoms with Gasteiger partial charge in [-0.3, -0.25) is 4.79 Å². The molecule has 2 rings (SSSR count). The van der Waals surface area contributed by atoms with Crippen LogP contribution in [-0.4, -0.2) is 68.0 Å². The summed E-state index contributed by atoms with van der Waals surface area (Å²) in [5.74, 6) is -0.486. The van der Waals surface area contributed by atoms with Crippen molar-refractivity contribution in [1.82, 2.24) is 0 Å². The molecule has 0 saturated heterocycles. The molecule has 5 N–H and O–H groups in total. The minimum Gasteiger partial charge on any atom is -0.504 e. The maximum atomic E-state index is 12.9. The molecule has 1 aliphatic heterocycles. The first-order valence-electron chi connectivity index (χ1n) is 12.9. The van der Waals surface area contributed by atoms with E-state index >= 15 is 0 Å². The smallest absolute Gasteiger partial charge is 0.405 e. The van der Waals surface area contributed by atoms with Crippen molar-refractivity contribution in [2.75, 3.05) is 26.6 Å². The number of primary amides is 1. The zero-order chi connectivity index (χ0) is 29.3. The summed E-state index contributed by atoms with van der Waals surface area (Å²) in [6, 6.07) is 3.20. The summed E-state index contributed by atoms with van der Waals surface area (Å²) in [7, 11) is 4.48. The van der Waals surface area contributed by atoms with Crippen LogP contribution in [0.4, 0.5) is 10.5 Å². The largest absolute Gasteiger partial charge is 0.504 e. The molecule has 2 amide bonds. The fourth-order valence-electron chi connectivity index (χ4n) is 4.77. The molecule has 1 aliphatic rings. The number of amides is 2. The minimum absolute atomic E-state index is 0.0119. The van der Waals surface area contributed by atoms with Gasteiger partial charge in [-0.1, -0.05) is 38.2 Å². The number of rotatable bonds is 4. The van der Waals surface area contributed by atoms with E-state index in [9.17, 15) is 19.8 Å². The number of nitrogens with two attached hydrogens (primary N) is 1. The molecular weight excluding hydrogens is 504 g/mol. The zero-order valence-corrected chi connectivity index (χ0v) is 23.8. The number of phenols is 1. The van der Waals surface area contributed by atoms with Gasteiger partial charge >= 0.3 is 6.09 Å². The van der Waals surface area contributed by atoms with Crippen LogP contribution in [0.25, 0.3) is 0 Å². The highest BCUT2D eigenvalue weighted by molar-refractivity contribution is 6.03. The van der Waals surface area contributed by atoms with Gasteiger partial charge in [0.2, 0.25) is 0 Å². The number of fused-ring (bicyclic) bond motifs is 2. The van der Waals surface area contributed by atoms with Crippen LogP contribution in [0.15, 0.2) is 47.6 Å². The third-order valence-electron chi connectivity index (χ3n) is 6.83. The van der Waals surface area contributed by atoms with Crippen LogP contribution in [0, 0.1) is 11.8 Å². The first-order chi connectivity index (χ1) is 18.4. The lowest BCUT2D eigenvalue weighted by molar-refractivity contribution is -0.112. The molecule has 0 saturated carbocycles. The van der Waals surface area contributed by atoms with Gasteiger partial charge in [0.1, 0.15) is 6.10 Å². The number of ether oxygens (including phenoxy) is 4. The number of aliphatic hydroxyl groups is 1. The molecule has 1 aromatic carbocycles. The molecule has 10 nitrogen and oxygen atoms in total. The van der Waals surface area contributed by atoms with Crippen molar-refractivity contribution in [1.29, 1.82) is 0 Å². The van der Waals surface area contributed by atoms with E-state index in [4.69, 9.17) is 24.7 Å². The van der Waals surface area contributed by atoms with Gasteiger partial charge in [-0.05, 0) is 44.2 Å². The topological polar surface area (TPSA) is 150 Å². The SMILES string of the molecule is COc1c(O)cc2cc1C[C@@H](C)C[C@@H](OC)[C@H](O)[C@@H](C)/C=C(\C)C(OC(N)=O)C(OC)/C=C\C=C(/C)C(=O)N2. The number of aromatic hydroxyl groups is 1. The Morgan fingerprint density at radius 3 is 2.41 bits per heavy atom. The van der Waals surface area contributed by atoms with Crippen LogP contribution in [-0.2, 0) is 25.4 Å². The van der Waals surface area contributed by atoms with Gasteiger partial charge in [0.15, 0.2) is 17.6 Å². The molecule has 216 valence electrons. The summed E-state index contributed by atoms with van der Waals surface area (Å²) in [5, 5.41) is 24.5. The van der Waals surface area contributed by atoms with Crippen molar-refractivity contribution in [3.05, 3.63) is 53.1 Å². The number of carbonyl (C=O) groups excluding carboxylic acids is 2. The summed E-state index contributed by atoms with van der Waals surface area (Å²) >= 11 is 0. The number of phenolic OH excluding ortho intramolecular Hbond substituents is 1. The maximum Gasteiger partial charge on any atom is 0.405 e. The zero-order valence-electron chi connectivity index (χ0n) is 23.8. The molecule has 0 aromatic heterocycles. The number of aliphatic hydroxyl groups excluding tert-OH is 1. The first kappa shape index (κ1) is 31.9. The Kier molecular flexibility index (Phi) is 12.0. The second-order valence-electron chi connectivity index (χ2n) is 10.0. The average Bonchev–Trinajstić information content (AvgIpc) is 2.87. The standard InChI is InChI=1S/C29H42N2O8/c1-16-11-20-14-21(15-22(32)27(20)38-7)31-28(34)17(2)9-8-10-23(36-5)26(39-29(30)35)19(4)13-18(3)25(33)24(12-16)37-6/h8-10,13-16,18,23-26,32-33H,11-12H2,1-7H3,(H2,30,35)(H,31,34)/b10-8-,17-9+,19-13+/t16-,18+,23?,24-,25-,26?/m1/s1. The second kappa shape index (κ2) is 14.7. The summed E-state index contributed by atoms with van der Waals surface area (Å²) < 4.78 is 22.0. The van der Waals surface area contributed by atoms with Gasteiger partial charge in [-0.15, -0.1) is 0 Å². The Balaban J connectivity index is 2.59. The number of benzene rings is 1. The molecular formula is C29H42N2O8. The summed E-state index contributed by atoms with van der Waals surface area (Å²) in [4.78, 5) is 24.5. The predicted octanol–water partition coefficient (Wildman–Crippen LogP) is 3.86. The lowest BCUT2D eigenvalue weighted by Crippen LogP contribution is -2.37. The van der Waals surface area contributed by atoms with E-state index in [0.717, 1.165) is 0 Å². The van der Waals surface area contributed by atoms with Crippen molar-refractivity contribution in [3.8, 4) is 11.5 Å². The Morgan fingerprint density at radius 1 is 1.13 bits per heavy atom. The van der Waals surface area contributed by atoms with Gasteiger partial charge in [0.05, 0.1) is 19.3 Å². The molecule has 0 fully saturated rings. The monoisotopic (exact) mass is 546 g/mol. The van der Waals surface area contributed by atoms with Crippen LogP contribution < -0.4 is 15.8 Å². The van der Waals surface area contributed by atoms with Gasteiger partial charge in [-0.2, -0.15) is 0 Å². The van der Waals surface area contributed by atoms with Crippen molar-refractivity contribution >= 4 is 17.7 Å². The fraction of sp³-hybridized carbons (Fsp3) is 0.517. The average molecular weight is 547 g/mol. The Bertz CT molecular complexity index is 1100. The Labute approximate surface area is 230 Å². The van der Waals surface area contributed by atoms with E-state index < -0.39 is 30.5 Å². The molecule has 1 aromatic rings. The normalized spacial score (nSPS) is 30.7. The summed E-state index contributed by atoms with van der Waals surface area (Å²) in [5.41, 5.74) is 7.49. The van der Waals surface area contributed by atoms with Crippen LogP contribution >= 0.6 is 0 Å². The predicted molar refractivity (Wildman–Crippen MR) is 149 cm³/mol. The third-order valence-corrected chi connectivity index (χ3v) is 6.83. The van der Waals surface area contributed by atoms with Crippen molar-refractivity contribution in [2.24, 2.45) is 17.6 Å². The van der Waals surface area contributed by atoms with E-state index in [1.165, 1.54) is 20.3 Å². The number of methoxy groups -OCH3 is 3. The minimum atomic E-state index is -0.968. The van der Waals surface area contributed by atoms with Crippen LogP contribution in [0.1, 0.15) is 39.7 Å². The number of anilines is 1. The molecule has 2 unspecified atom stereocenters. The Hall–Kier alpha value is -3.34. The molecule has 0 spiro atoms. The van der Waals surface area contributed by atoms with Crippen molar-refractivity contribution < 1.29 is 38.7 Å². The second-order valence-corrected chi connectivity index (χ2v) is 10.0. The lowest BCUT2D eigenvalue weighted by Gasteiger charge is -2.29. The van der Waals surface area contributed by atoms with Gasteiger partial charge in [0, 0.05) is 43.0 Å². The van der Waals surface area contributed by atoms with E-state index in [1.54, 1.807) is 45.3 Å². The van der Waals surface area contributed by atoms with Gasteiger partial charge in [0.25, 0.3) is 5.91 Å². The molecule has 6 atom stereocenters. The van der Waals surface area contributed by atoms with Crippen LogP contribution in [0.5, 0.6) is 11.5 Å². The number of carbonyl (C=O) groups is 2. The van der Waals surface area contributed by atoms with E-state index in [-0.39, 0.29) is 23.5 Å².